The van der Waals surface area contributed by atoms with Crippen molar-refractivity contribution in [2.75, 3.05) is 13.2 Å². The molecule has 1 aromatic heterocycles. The van der Waals surface area contributed by atoms with Gasteiger partial charge in [-0.25, -0.2) is 9.37 Å². The molecule has 124 valence electrons. The molecule has 2 aromatic rings. The quantitative estimate of drug-likeness (QED) is 0.784. The number of aliphatic hydroxyl groups is 1. The zero-order valence-corrected chi connectivity index (χ0v) is 13.1. The molecule has 2 N–H and O–H groups in total. The number of benzene rings is 1. The highest BCUT2D eigenvalue weighted by molar-refractivity contribution is 5.76. The van der Waals surface area contributed by atoms with Crippen LogP contribution in [-0.2, 0) is 11.2 Å². The van der Waals surface area contributed by atoms with Gasteiger partial charge in [-0.05, 0) is 36.6 Å². The number of rotatable bonds is 8. The Kier molecular flexibility index (Phi) is 6.29. The van der Waals surface area contributed by atoms with Crippen LogP contribution in [0.3, 0.4) is 0 Å². The number of aryl methyl sites for hydroxylation is 1. The molecule has 0 aliphatic carbocycles. The highest BCUT2D eigenvalue weighted by atomic mass is 19.1. The second-order valence-electron chi connectivity index (χ2n) is 5.55. The summed E-state index contributed by atoms with van der Waals surface area (Å²) < 4.78 is 18.5. The van der Waals surface area contributed by atoms with Gasteiger partial charge in [-0.3, -0.25) is 4.79 Å². The Balaban J connectivity index is 1.80. The van der Waals surface area contributed by atoms with Crippen LogP contribution in [0.1, 0.15) is 25.7 Å². The first kappa shape index (κ1) is 17.1. The highest BCUT2D eigenvalue weighted by Crippen LogP contribution is 2.21. The fourth-order valence-corrected chi connectivity index (χ4v) is 2.09. The average Bonchev–Trinajstić information content (AvgIpc) is 3.01. The molecule has 1 heterocycles. The monoisotopic (exact) mass is 320 g/mol. The van der Waals surface area contributed by atoms with Crippen LogP contribution in [0.2, 0.25) is 0 Å². The lowest BCUT2D eigenvalue weighted by molar-refractivity contribution is -0.121. The van der Waals surface area contributed by atoms with Crippen LogP contribution in [0, 0.1) is 11.7 Å². The van der Waals surface area contributed by atoms with E-state index < -0.39 is 0 Å². The number of hydrogen-bond acceptors (Lipinski definition) is 4. The third-order valence-electron chi connectivity index (χ3n) is 3.52. The summed E-state index contributed by atoms with van der Waals surface area (Å²) in [6.07, 6.45) is 2.93. The molecule has 2 rings (SSSR count). The number of carbonyl (C=O) groups excluding carboxylic acids is 1. The Bertz CT molecular complexity index is 625. The van der Waals surface area contributed by atoms with Crippen LogP contribution in [0.15, 0.2) is 34.9 Å². The molecule has 0 fully saturated rings. The molecule has 23 heavy (non-hydrogen) atoms. The Morgan fingerprint density at radius 1 is 1.39 bits per heavy atom. The third-order valence-corrected chi connectivity index (χ3v) is 3.52. The van der Waals surface area contributed by atoms with E-state index in [-0.39, 0.29) is 30.7 Å². The number of aliphatic hydroxyl groups excluding tert-OH is 1. The van der Waals surface area contributed by atoms with Crippen molar-refractivity contribution < 1.29 is 18.7 Å². The van der Waals surface area contributed by atoms with E-state index >= 15 is 0 Å². The van der Waals surface area contributed by atoms with E-state index in [9.17, 15) is 9.18 Å². The summed E-state index contributed by atoms with van der Waals surface area (Å²) in [4.78, 5) is 15.9. The van der Waals surface area contributed by atoms with Crippen molar-refractivity contribution in [1.82, 2.24) is 10.3 Å². The van der Waals surface area contributed by atoms with Crippen LogP contribution in [0.25, 0.3) is 11.3 Å². The molecule has 0 bridgehead atoms. The minimum atomic E-state index is -0.305. The summed E-state index contributed by atoms with van der Waals surface area (Å²) in [5.41, 5.74) is 0.743. The molecule has 0 radical (unpaired) electrons. The van der Waals surface area contributed by atoms with E-state index in [0.29, 0.717) is 31.0 Å². The van der Waals surface area contributed by atoms with Gasteiger partial charge in [0.25, 0.3) is 0 Å². The average molecular weight is 320 g/mol. The number of halogens is 1. The summed E-state index contributed by atoms with van der Waals surface area (Å²) in [6, 6.07) is 5.96. The van der Waals surface area contributed by atoms with Gasteiger partial charge in [0.15, 0.2) is 11.7 Å². The first-order chi connectivity index (χ1) is 11.1. The van der Waals surface area contributed by atoms with E-state index in [0.717, 1.165) is 5.56 Å². The molecule has 0 saturated heterocycles. The van der Waals surface area contributed by atoms with Gasteiger partial charge in [0.1, 0.15) is 5.82 Å². The van der Waals surface area contributed by atoms with Crippen LogP contribution >= 0.6 is 0 Å². The van der Waals surface area contributed by atoms with Crippen LogP contribution < -0.4 is 5.32 Å². The second-order valence-corrected chi connectivity index (χ2v) is 5.55. The van der Waals surface area contributed by atoms with Gasteiger partial charge >= 0.3 is 0 Å². The molecule has 6 heteroatoms. The molecule has 1 atom stereocenters. The number of amides is 1. The van der Waals surface area contributed by atoms with Crippen LogP contribution in [0.5, 0.6) is 0 Å². The minimum Gasteiger partial charge on any atom is -0.441 e. The van der Waals surface area contributed by atoms with Crippen molar-refractivity contribution >= 4 is 5.91 Å². The molecular formula is C17H21FN2O3. The Morgan fingerprint density at radius 3 is 2.83 bits per heavy atom. The van der Waals surface area contributed by atoms with Gasteiger partial charge in [-0.2, -0.15) is 0 Å². The smallest absolute Gasteiger partial charge is 0.220 e. The largest absolute Gasteiger partial charge is 0.441 e. The molecule has 0 aliphatic rings. The molecule has 1 unspecified atom stereocenters. The minimum absolute atomic E-state index is 0.0729. The van der Waals surface area contributed by atoms with Gasteiger partial charge in [0.05, 0.1) is 6.20 Å². The predicted molar refractivity (Wildman–Crippen MR) is 84.1 cm³/mol. The maximum atomic E-state index is 12.9. The summed E-state index contributed by atoms with van der Waals surface area (Å²) in [5, 5.41) is 11.6. The van der Waals surface area contributed by atoms with Crippen molar-refractivity contribution in [2.45, 2.75) is 26.2 Å². The van der Waals surface area contributed by atoms with Gasteiger partial charge in [-0.15, -0.1) is 0 Å². The fourth-order valence-electron chi connectivity index (χ4n) is 2.09. The zero-order valence-electron chi connectivity index (χ0n) is 13.1. The standard InChI is InChI=1S/C17H21FN2O3/c1-12(8-9-21)10-19-16(22)6-7-17-20-11-15(23-17)13-2-4-14(18)5-3-13/h2-5,11-12,21H,6-10H2,1H3,(H,19,22). The van der Waals surface area contributed by atoms with Gasteiger partial charge in [0, 0.05) is 31.6 Å². The third kappa shape index (κ3) is 5.49. The van der Waals surface area contributed by atoms with Crippen molar-refractivity contribution in [1.29, 1.82) is 0 Å². The summed E-state index contributed by atoms with van der Waals surface area (Å²) in [6.45, 7) is 2.64. The maximum Gasteiger partial charge on any atom is 0.220 e. The van der Waals surface area contributed by atoms with Crippen molar-refractivity contribution in [3.8, 4) is 11.3 Å². The normalized spacial score (nSPS) is 12.1. The Labute approximate surface area is 134 Å². The van der Waals surface area contributed by atoms with E-state index in [1.165, 1.54) is 12.1 Å². The van der Waals surface area contributed by atoms with Gasteiger partial charge in [0.2, 0.25) is 5.91 Å². The van der Waals surface area contributed by atoms with Crippen molar-refractivity contribution in [2.24, 2.45) is 5.92 Å². The molecule has 0 aliphatic heterocycles. The molecule has 5 nitrogen and oxygen atoms in total. The number of hydrogen-bond donors (Lipinski definition) is 2. The molecule has 1 amide bonds. The second kappa shape index (κ2) is 8.43. The molecule has 0 spiro atoms. The van der Waals surface area contributed by atoms with Crippen molar-refractivity contribution in [3.05, 3.63) is 42.2 Å². The summed E-state index contributed by atoms with van der Waals surface area (Å²) in [7, 11) is 0. The maximum absolute atomic E-state index is 12.9. The first-order valence-electron chi connectivity index (χ1n) is 7.66. The SMILES string of the molecule is CC(CCO)CNC(=O)CCc1ncc(-c2ccc(F)cc2)o1. The van der Waals surface area contributed by atoms with Crippen LogP contribution in [-0.4, -0.2) is 29.1 Å². The van der Waals surface area contributed by atoms with E-state index in [2.05, 4.69) is 10.3 Å². The predicted octanol–water partition coefficient (Wildman–Crippen LogP) is 2.55. The topological polar surface area (TPSA) is 75.4 Å². The molecular weight excluding hydrogens is 299 g/mol. The highest BCUT2D eigenvalue weighted by Gasteiger charge is 2.10. The lowest BCUT2D eigenvalue weighted by Gasteiger charge is -2.10. The Morgan fingerprint density at radius 2 is 2.13 bits per heavy atom. The summed E-state index contributed by atoms with van der Waals surface area (Å²) >= 11 is 0. The van der Waals surface area contributed by atoms with E-state index in [1.54, 1.807) is 18.3 Å². The van der Waals surface area contributed by atoms with Gasteiger partial charge in [-0.1, -0.05) is 6.92 Å². The first-order valence-corrected chi connectivity index (χ1v) is 7.66. The van der Waals surface area contributed by atoms with Crippen molar-refractivity contribution in [3.63, 3.8) is 0 Å². The number of oxazole rings is 1. The summed E-state index contributed by atoms with van der Waals surface area (Å²) in [5.74, 6) is 0.896. The molecule has 0 saturated carbocycles. The molecule has 1 aromatic carbocycles. The number of aromatic nitrogens is 1. The number of carbonyl (C=O) groups is 1. The number of nitrogens with zero attached hydrogens (tertiary/aromatic N) is 1. The van der Waals surface area contributed by atoms with E-state index in [4.69, 9.17) is 9.52 Å². The lowest BCUT2D eigenvalue weighted by Crippen LogP contribution is -2.28. The fraction of sp³-hybridized carbons (Fsp3) is 0.412. The Hall–Kier alpha value is -2.21. The number of nitrogens with one attached hydrogen (secondary N) is 1. The van der Waals surface area contributed by atoms with Crippen LogP contribution in [0.4, 0.5) is 4.39 Å². The zero-order chi connectivity index (χ0) is 16.7. The lowest BCUT2D eigenvalue weighted by atomic mass is 10.1. The van der Waals surface area contributed by atoms with Gasteiger partial charge < -0.3 is 14.8 Å². The van der Waals surface area contributed by atoms with E-state index in [1.807, 2.05) is 6.92 Å².